The highest BCUT2D eigenvalue weighted by Crippen LogP contribution is 2.41. The van der Waals surface area contributed by atoms with Gasteiger partial charge in [0.25, 0.3) is 5.91 Å². The van der Waals surface area contributed by atoms with Gasteiger partial charge in [-0.15, -0.1) is 15.1 Å². The van der Waals surface area contributed by atoms with Crippen molar-refractivity contribution in [2.24, 2.45) is 10.4 Å². The van der Waals surface area contributed by atoms with Crippen molar-refractivity contribution in [2.45, 2.75) is 25.3 Å². The molecule has 1 saturated heterocycles. The molecule has 1 fully saturated rings. The van der Waals surface area contributed by atoms with E-state index >= 15 is 0 Å². The molecule has 2 aliphatic heterocycles. The van der Waals surface area contributed by atoms with Crippen LogP contribution in [0.1, 0.15) is 19.8 Å². The number of rotatable bonds is 4. The number of hydrogen-bond donors (Lipinski definition) is 0. The summed E-state index contributed by atoms with van der Waals surface area (Å²) in [6.45, 7) is 1.66. The lowest BCUT2D eigenvalue weighted by molar-refractivity contribution is -0.135. The number of carbonyl (C=O) groups is 3. The number of carbonyl (C=O) groups excluding carboxylic acids is 3. The number of hydrazone groups is 1. The predicted octanol–water partition coefficient (Wildman–Crippen LogP) is 1.79. The van der Waals surface area contributed by atoms with Gasteiger partial charge in [-0.05, 0) is 25.1 Å². The van der Waals surface area contributed by atoms with E-state index in [0.29, 0.717) is 5.12 Å². The van der Waals surface area contributed by atoms with Gasteiger partial charge in [0.2, 0.25) is 5.91 Å². The predicted molar refractivity (Wildman–Crippen MR) is 87.6 cm³/mol. The first-order chi connectivity index (χ1) is 12.3. The molecule has 0 N–H and O–H groups in total. The molecule has 26 heavy (non-hydrogen) atoms. The van der Waals surface area contributed by atoms with Crippen molar-refractivity contribution in [3.63, 3.8) is 0 Å². The van der Waals surface area contributed by atoms with Gasteiger partial charge in [0.05, 0.1) is 29.0 Å². The van der Waals surface area contributed by atoms with Crippen LogP contribution in [-0.2, 0) is 19.1 Å². The lowest BCUT2D eigenvalue weighted by Crippen LogP contribution is -2.48. The molecule has 11 heteroatoms. The lowest BCUT2D eigenvalue weighted by Gasteiger charge is -2.24. The second kappa shape index (κ2) is 6.45. The molecule has 1 atom stereocenters. The Morgan fingerprint density at radius 1 is 1.42 bits per heavy atom. The first-order valence-corrected chi connectivity index (χ1v) is 7.92. The van der Waals surface area contributed by atoms with Crippen LogP contribution >= 0.6 is 11.6 Å². The number of hydrogen-bond acceptors (Lipinski definition) is 7. The third-order valence-electron chi connectivity index (χ3n) is 4.10. The number of ether oxygens (including phenoxy) is 1. The molecule has 0 unspecified atom stereocenters. The highest BCUT2D eigenvalue weighted by atomic mass is 35.5. The number of nitrogens with zero attached hydrogens (tertiary/aromatic N) is 4. The van der Waals surface area contributed by atoms with Crippen molar-refractivity contribution < 1.29 is 23.5 Å². The van der Waals surface area contributed by atoms with Crippen LogP contribution in [0.3, 0.4) is 0 Å². The van der Waals surface area contributed by atoms with Crippen LogP contribution in [0.4, 0.5) is 10.1 Å². The van der Waals surface area contributed by atoms with E-state index in [1.165, 1.54) is 12.1 Å². The Balaban J connectivity index is 1.96. The van der Waals surface area contributed by atoms with Crippen LogP contribution in [0.25, 0.3) is 0 Å². The molecule has 1 aromatic carbocycles. The van der Waals surface area contributed by atoms with E-state index in [-0.39, 0.29) is 29.4 Å². The minimum Gasteiger partial charge on any atom is -0.461 e. The number of nitroso groups, excluding NO2 is 1. The first-order valence-electron chi connectivity index (χ1n) is 7.54. The van der Waals surface area contributed by atoms with Crippen molar-refractivity contribution in [3.05, 3.63) is 33.9 Å². The molecule has 3 rings (SSSR count). The van der Waals surface area contributed by atoms with Gasteiger partial charge in [-0.25, -0.2) is 14.1 Å². The Morgan fingerprint density at radius 3 is 2.77 bits per heavy atom. The molecule has 0 aromatic heterocycles. The number of amides is 2. The van der Waals surface area contributed by atoms with Crippen LogP contribution < -0.4 is 4.90 Å². The smallest absolute Gasteiger partial charge is 0.354 e. The summed E-state index contributed by atoms with van der Waals surface area (Å²) in [4.78, 5) is 49.1. The minimum absolute atomic E-state index is 0.0470. The highest BCUT2D eigenvalue weighted by Gasteiger charge is 2.61. The molecule has 2 aliphatic rings. The van der Waals surface area contributed by atoms with E-state index in [1.807, 2.05) is 0 Å². The molecule has 0 bridgehead atoms. The SMILES string of the molecule is CCOC(=O)C1=NN(N=O)[C@@]2(CC(=O)N(c3ccc(Cl)c(F)c3)C2=O)C1. The fourth-order valence-corrected chi connectivity index (χ4v) is 3.04. The number of anilines is 1. The second-order valence-corrected chi connectivity index (χ2v) is 6.06. The van der Waals surface area contributed by atoms with Gasteiger partial charge in [0.15, 0.2) is 11.3 Å². The molecule has 2 heterocycles. The van der Waals surface area contributed by atoms with E-state index in [1.54, 1.807) is 6.92 Å². The molecule has 2 amide bonds. The van der Waals surface area contributed by atoms with Crippen molar-refractivity contribution in [1.29, 1.82) is 0 Å². The summed E-state index contributed by atoms with van der Waals surface area (Å²) in [5.74, 6) is -3.15. The third kappa shape index (κ3) is 2.62. The lowest BCUT2D eigenvalue weighted by atomic mass is 9.92. The zero-order valence-corrected chi connectivity index (χ0v) is 14.2. The highest BCUT2D eigenvalue weighted by molar-refractivity contribution is 6.39. The Kier molecular flexibility index (Phi) is 4.45. The summed E-state index contributed by atoms with van der Waals surface area (Å²) in [6, 6.07) is 3.42. The van der Waals surface area contributed by atoms with Crippen molar-refractivity contribution in [2.75, 3.05) is 11.5 Å². The summed E-state index contributed by atoms with van der Waals surface area (Å²) in [5, 5.41) is 6.69. The normalized spacial score (nSPS) is 22.2. The standard InChI is InChI=1S/C15H12ClFN4O5/c1-2-26-13(23)11-6-15(21(18-11)19-25)7-12(22)20(14(15)24)8-3-4-9(16)10(17)5-8/h3-5H,2,6-7H2,1H3/t15-/m1/s1. The van der Waals surface area contributed by atoms with Crippen molar-refractivity contribution in [1.82, 2.24) is 5.12 Å². The molecule has 9 nitrogen and oxygen atoms in total. The second-order valence-electron chi connectivity index (χ2n) is 5.66. The summed E-state index contributed by atoms with van der Waals surface area (Å²) < 4.78 is 18.5. The number of imide groups is 1. The maximum Gasteiger partial charge on any atom is 0.354 e. The Morgan fingerprint density at radius 2 is 2.15 bits per heavy atom. The van der Waals surface area contributed by atoms with Gasteiger partial charge >= 0.3 is 5.97 Å². The van der Waals surface area contributed by atoms with Crippen LogP contribution in [0.2, 0.25) is 5.02 Å². The monoisotopic (exact) mass is 382 g/mol. The van der Waals surface area contributed by atoms with E-state index in [2.05, 4.69) is 10.4 Å². The maximum absolute atomic E-state index is 13.7. The Bertz CT molecular complexity index is 860. The van der Waals surface area contributed by atoms with Gasteiger partial charge in [0, 0.05) is 6.42 Å². The largest absolute Gasteiger partial charge is 0.461 e. The van der Waals surface area contributed by atoms with Gasteiger partial charge in [0.1, 0.15) is 5.82 Å². The summed E-state index contributed by atoms with van der Waals surface area (Å²) in [5.41, 5.74) is -2.01. The van der Waals surface area contributed by atoms with E-state index in [4.69, 9.17) is 16.3 Å². The average Bonchev–Trinajstić information content (AvgIpc) is 3.09. The van der Waals surface area contributed by atoms with Gasteiger partial charge in [-0.2, -0.15) is 0 Å². The zero-order valence-electron chi connectivity index (χ0n) is 13.4. The Labute approximate surface area is 151 Å². The fraction of sp³-hybridized carbons (Fsp3) is 0.333. The topological polar surface area (TPSA) is 109 Å². The van der Waals surface area contributed by atoms with E-state index < -0.39 is 35.6 Å². The van der Waals surface area contributed by atoms with Gasteiger partial charge in [-0.1, -0.05) is 11.6 Å². The van der Waals surface area contributed by atoms with Crippen LogP contribution in [-0.4, -0.2) is 40.8 Å². The minimum atomic E-state index is -1.77. The molecular formula is C15H12ClFN4O5. The van der Waals surface area contributed by atoms with Crippen LogP contribution in [0.5, 0.6) is 0 Å². The molecule has 1 spiro atoms. The summed E-state index contributed by atoms with van der Waals surface area (Å²) in [6.07, 6.45) is -0.775. The molecule has 1 aromatic rings. The third-order valence-corrected chi connectivity index (χ3v) is 4.41. The fourth-order valence-electron chi connectivity index (χ4n) is 2.92. The molecule has 136 valence electrons. The molecule has 0 aliphatic carbocycles. The number of esters is 1. The molecule has 0 radical (unpaired) electrons. The zero-order chi connectivity index (χ0) is 19.1. The molecular weight excluding hydrogens is 371 g/mol. The quantitative estimate of drug-likeness (QED) is 0.446. The molecule has 0 saturated carbocycles. The van der Waals surface area contributed by atoms with Crippen LogP contribution in [0, 0.1) is 10.7 Å². The summed E-state index contributed by atoms with van der Waals surface area (Å²) in [7, 11) is 0. The summed E-state index contributed by atoms with van der Waals surface area (Å²) >= 11 is 5.61. The van der Waals surface area contributed by atoms with Gasteiger partial charge < -0.3 is 4.74 Å². The Hall–Kier alpha value is -2.88. The maximum atomic E-state index is 13.7. The van der Waals surface area contributed by atoms with Crippen LogP contribution in [0.15, 0.2) is 28.6 Å². The van der Waals surface area contributed by atoms with E-state index in [0.717, 1.165) is 11.0 Å². The number of benzene rings is 1. The number of halogens is 2. The van der Waals surface area contributed by atoms with Crippen molar-refractivity contribution >= 4 is 40.8 Å². The van der Waals surface area contributed by atoms with E-state index in [9.17, 15) is 23.7 Å². The average molecular weight is 383 g/mol. The van der Waals surface area contributed by atoms with Gasteiger partial charge in [-0.3, -0.25) is 9.59 Å². The van der Waals surface area contributed by atoms with Crippen molar-refractivity contribution in [3.8, 4) is 0 Å². The first kappa shape index (κ1) is 17.9.